The Labute approximate surface area is 43.1 Å². The van der Waals surface area contributed by atoms with Crippen molar-refractivity contribution in [3.63, 3.8) is 0 Å². The molecule has 1 aliphatic heterocycles. The molecule has 0 aliphatic carbocycles. The standard InChI is InChI=1S/C5H10NO/c1-6-4-2-3-5(6)7/h4-5,7H,2-3H2,1H3/q+1. The van der Waals surface area contributed by atoms with Gasteiger partial charge in [-0.1, -0.05) is 0 Å². The minimum absolute atomic E-state index is 0.208. The first-order valence-electron chi connectivity index (χ1n) is 2.54. The molecule has 0 amide bonds. The summed E-state index contributed by atoms with van der Waals surface area (Å²) >= 11 is 0. The molecule has 0 aromatic heterocycles. The molecule has 0 saturated heterocycles. The number of nitrogens with zero attached hydrogens (tertiary/aromatic N) is 1. The van der Waals surface area contributed by atoms with Crippen LogP contribution in [0.2, 0.25) is 0 Å². The van der Waals surface area contributed by atoms with Crippen molar-refractivity contribution in [3.05, 3.63) is 0 Å². The molecule has 1 aliphatic rings. The molecule has 0 bridgehead atoms. The summed E-state index contributed by atoms with van der Waals surface area (Å²) in [4.78, 5) is 0. The maximum Gasteiger partial charge on any atom is 0.254 e. The molecule has 0 radical (unpaired) electrons. The van der Waals surface area contributed by atoms with Crippen LogP contribution in [0.4, 0.5) is 0 Å². The Morgan fingerprint density at radius 2 is 2.57 bits per heavy atom. The second-order valence-electron chi connectivity index (χ2n) is 1.91. The van der Waals surface area contributed by atoms with Gasteiger partial charge in [-0.05, 0) is 0 Å². The molecule has 7 heavy (non-hydrogen) atoms. The molecule has 1 N–H and O–H groups in total. The zero-order valence-electron chi connectivity index (χ0n) is 4.46. The Bertz CT molecular complexity index is 98.3. The Kier molecular flexibility index (Phi) is 1.11. The second kappa shape index (κ2) is 1.62. The lowest BCUT2D eigenvalue weighted by atomic mass is 10.4. The maximum absolute atomic E-state index is 8.89. The zero-order chi connectivity index (χ0) is 5.28. The van der Waals surface area contributed by atoms with Crippen molar-refractivity contribution < 1.29 is 9.68 Å². The monoisotopic (exact) mass is 100 g/mol. The first-order valence-corrected chi connectivity index (χ1v) is 2.54. The van der Waals surface area contributed by atoms with E-state index in [1.165, 1.54) is 0 Å². The lowest BCUT2D eigenvalue weighted by Gasteiger charge is -1.93. The van der Waals surface area contributed by atoms with Crippen molar-refractivity contribution in [1.29, 1.82) is 0 Å². The third kappa shape index (κ3) is 0.800. The van der Waals surface area contributed by atoms with Gasteiger partial charge in [0.25, 0.3) is 6.23 Å². The fourth-order valence-corrected chi connectivity index (χ4v) is 0.753. The van der Waals surface area contributed by atoms with Crippen LogP contribution in [0.15, 0.2) is 0 Å². The van der Waals surface area contributed by atoms with E-state index in [1.807, 2.05) is 17.8 Å². The predicted octanol–water partition coefficient (Wildman–Crippen LogP) is -0.188. The Morgan fingerprint density at radius 1 is 1.86 bits per heavy atom. The topological polar surface area (TPSA) is 23.2 Å². The fourth-order valence-electron chi connectivity index (χ4n) is 0.753. The van der Waals surface area contributed by atoms with Gasteiger partial charge in [0.1, 0.15) is 13.3 Å². The van der Waals surface area contributed by atoms with Gasteiger partial charge in [-0.2, -0.15) is 0 Å². The number of aliphatic hydroxyl groups is 1. The Morgan fingerprint density at radius 3 is 2.71 bits per heavy atom. The third-order valence-corrected chi connectivity index (χ3v) is 1.31. The largest absolute Gasteiger partial charge is 0.337 e. The molecular formula is C5H10NO+. The summed E-state index contributed by atoms with van der Waals surface area (Å²) in [5, 5.41) is 8.89. The van der Waals surface area contributed by atoms with Crippen LogP contribution in [0.1, 0.15) is 12.8 Å². The SMILES string of the molecule is C[N+]1=CCCC1O. The van der Waals surface area contributed by atoms with Crippen LogP contribution in [0.5, 0.6) is 0 Å². The molecular weight excluding hydrogens is 90.1 g/mol. The highest BCUT2D eigenvalue weighted by Gasteiger charge is 2.17. The van der Waals surface area contributed by atoms with Crippen molar-refractivity contribution in [3.8, 4) is 0 Å². The van der Waals surface area contributed by atoms with Crippen LogP contribution < -0.4 is 0 Å². The van der Waals surface area contributed by atoms with Crippen LogP contribution in [0.3, 0.4) is 0 Å². The average Bonchev–Trinajstić information content (AvgIpc) is 1.91. The van der Waals surface area contributed by atoms with Crippen LogP contribution in [-0.2, 0) is 0 Å². The number of rotatable bonds is 0. The van der Waals surface area contributed by atoms with Gasteiger partial charge in [-0.25, -0.2) is 4.58 Å². The molecule has 0 fully saturated rings. The molecule has 2 nitrogen and oxygen atoms in total. The minimum Gasteiger partial charge on any atom is -0.337 e. The van der Waals surface area contributed by atoms with E-state index >= 15 is 0 Å². The van der Waals surface area contributed by atoms with Gasteiger partial charge in [0.2, 0.25) is 0 Å². The highest BCUT2D eigenvalue weighted by atomic mass is 16.3. The van der Waals surface area contributed by atoms with E-state index in [0.717, 1.165) is 12.8 Å². The minimum atomic E-state index is -0.208. The van der Waals surface area contributed by atoms with Gasteiger partial charge in [0, 0.05) is 12.8 Å². The second-order valence-corrected chi connectivity index (χ2v) is 1.91. The summed E-state index contributed by atoms with van der Waals surface area (Å²) in [6, 6.07) is 0. The van der Waals surface area contributed by atoms with Gasteiger partial charge < -0.3 is 5.11 Å². The van der Waals surface area contributed by atoms with Gasteiger partial charge in [-0.15, -0.1) is 0 Å². The van der Waals surface area contributed by atoms with E-state index in [-0.39, 0.29) is 6.23 Å². The van der Waals surface area contributed by atoms with Gasteiger partial charge >= 0.3 is 0 Å². The molecule has 0 spiro atoms. The summed E-state index contributed by atoms with van der Waals surface area (Å²) in [5.41, 5.74) is 0. The summed E-state index contributed by atoms with van der Waals surface area (Å²) in [5.74, 6) is 0. The summed E-state index contributed by atoms with van der Waals surface area (Å²) in [6.45, 7) is 0. The number of hydrogen-bond acceptors (Lipinski definition) is 1. The smallest absolute Gasteiger partial charge is 0.254 e. The summed E-state index contributed by atoms with van der Waals surface area (Å²) in [6.07, 6.45) is 3.72. The van der Waals surface area contributed by atoms with Crippen LogP contribution in [0.25, 0.3) is 0 Å². The van der Waals surface area contributed by atoms with Crippen molar-refractivity contribution in [2.24, 2.45) is 0 Å². The molecule has 1 unspecified atom stereocenters. The first kappa shape index (κ1) is 4.78. The van der Waals surface area contributed by atoms with E-state index in [0.29, 0.717) is 0 Å². The van der Waals surface area contributed by atoms with Crippen molar-refractivity contribution >= 4 is 6.21 Å². The normalized spacial score (nSPS) is 30.6. The molecule has 0 saturated carbocycles. The lowest BCUT2D eigenvalue weighted by Crippen LogP contribution is -2.15. The van der Waals surface area contributed by atoms with E-state index in [1.54, 1.807) is 0 Å². The van der Waals surface area contributed by atoms with E-state index in [2.05, 4.69) is 0 Å². The van der Waals surface area contributed by atoms with Crippen molar-refractivity contribution in [1.82, 2.24) is 0 Å². The van der Waals surface area contributed by atoms with Gasteiger partial charge in [-0.3, -0.25) is 0 Å². The molecule has 1 atom stereocenters. The summed E-state index contributed by atoms with van der Waals surface area (Å²) in [7, 11) is 1.89. The molecule has 0 aromatic carbocycles. The quantitative estimate of drug-likeness (QED) is 0.419. The maximum atomic E-state index is 8.89. The first-order chi connectivity index (χ1) is 3.30. The molecule has 1 heterocycles. The Balaban J connectivity index is 2.54. The number of hydrogen-bond donors (Lipinski definition) is 1. The van der Waals surface area contributed by atoms with Crippen LogP contribution >= 0.6 is 0 Å². The van der Waals surface area contributed by atoms with Crippen molar-refractivity contribution in [2.45, 2.75) is 19.1 Å². The highest BCUT2D eigenvalue weighted by Crippen LogP contribution is 2.01. The van der Waals surface area contributed by atoms with Crippen LogP contribution in [-0.4, -0.2) is 29.2 Å². The molecule has 0 aromatic rings. The van der Waals surface area contributed by atoms with Gasteiger partial charge in [0.15, 0.2) is 0 Å². The lowest BCUT2D eigenvalue weighted by molar-refractivity contribution is -0.571. The average molecular weight is 100 g/mol. The molecule has 2 heteroatoms. The number of aliphatic hydroxyl groups excluding tert-OH is 1. The van der Waals surface area contributed by atoms with Crippen LogP contribution in [0, 0.1) is 0 Å². The third-order valence-electron chi connectivity index (χ3n) is 1.31. The fraction of sp³-hybridized carbons (Fsp3) is 0.800. The predicted molar refractivity (Wildman–Crippen MR) is 27.5 cm³/mol. The summed E-state index contributed by atoms with van der Waals surface area (Å²) < 4.78 is 1.83. The van der Waals surface area contributed by atoms with E-state index < -0.39 is 0 Å². The zero-order valence-corrected chi connectivity index (χ0v) is 4.46. The molecule has 1 rings (SSSR count). The molecule has 40 valence electrons. The van der Waals surface area contributed by atoms with Crippen molar-refractivity contribution in [2.75, 3.05) is 7.05 Å². The van der Waals surface area contributed by atoms with Gasteiger partial charge in [0.05, 0.1) is 0 Å². The van der Waals surface area contributed by atoms with E-state index in [4.69, 9.17) is 5.11 Å². The highest BCUT2D eigenvalue weighted by molar-refractivity contribution is 5.52. The Hall–Kier alpha value is -0.370. The van der Waals surface area contributed by atoms with E-state index in [9.17, 15) is 0 Å².